The van der Waals surface area contributed by atoms with E-state index in [0.29, 0.717) is 28.1 Å². The average Bonchev–Trinajstić information content (AvgIpc) is 3.10. The summed E-state index contributed by atoms with van der Waals surface area (Å²) in [6, 6.07) is 20.1. The molecule has 0 saturated heterocycles. The Bertz CT molecular complexity index is 1350. The summed E-state index contributed by atoms with van der Waals surface area (Å²) in [6.07, 6.45) is 1.62. The minimum Gasteiger partial charge on any atom is -0.355 e. The van der Waals surface area contributed by atoms with E-state index in [0.717, 1.165) is 20.3 Å². The standard InChI is InChI=1S/C27H24N4O3S2.C2H6/c1-28-14-20(35-16-17-7-9-18(10-8-17)25(32)29-2)15-30-26(33)19-11-12-24-22(13-19)31-27(34)21-5-3-4-6-23(21)36-24;1-2/h3-14H,1,15-16H2,2H3,(H,29,32)(H,30,33)(H,31,34);1-2H3/b20-14-;. The summed E-state index contributed by atoms with van der Waals surface area (Å²) in [4.78, 5) is 43.6. The van der Waals surface area contributed by atoms with Crippen molar-refractivity contribution in [2.75, 3.05) is 18.9 Å². The van der Waals surface area contributed by atoms with E-state index in [1.807, 2.05) is 50.2 Å². The van der Waals surface area contributed by atoms with E-state index in [4.69, 9.17) is 0 Å². The molecular formula is C29H30N4O3S2. The van der Waals surface area contributed by atoms with Gasteiger partial charge in [0.2, 0.25) is 0 Å². The third-order valence-electron chi connectivity index (χ3n) is 5.37. The topological polar surface area (TPSA) is 99.7 Å². The van der Waals surface area contributed by atoms with Crippen molar-refractivity contribution in [3.05, 3.63) is 100 Å². The quantitative estimate of drug-likeness (QED) is 0.301. The first-order valence-electron chi connectivity index (χ1n) is 12.1. The van der Waals surface area contributed by atoms with E-state index in [9.17, 15) is 14.4 Å². The third-order valence-corrected chi connectivity index (χ3v) is 7.62. The number of hydrogen-bond donors (Lipinski definition) is 3. The van der Waals surface area contributed by atoms with E-state index < -0.39 is 0 Å². The predicted molar refractivity (Wildman–Crippen MR) is 157 cm³/mol. The van der Waals surface area contributed by atoms with Gasteiger partial charge in [0.25, 0.3) is 17.7 Å². The summed E-state index contributed by atoms with van der Waals surface area (Å²) >= 11 is 3.02. The molecule has 38 heavy (non-hydrogen) atoms. The molecule has 3 N–H and O–H groups in total. The van der Waals surface area contributed by atoms with Gasteiger partial charge < -0.3 is 16.0 Å². The van der Waals surface area contributed by atoms with Crippen molar-refractivity contribution < 1.29 is 14.4 Å². The number of anilines is 1. The Morgan fingerprint density at radius 3 is 2.42 bits per heavy atom. The summed E-state index contributed by atoms with van der Waals surface area (Å²) in [5.41, 5.74) is 3.29. The van der Waals surface area contributed by atoms with Crippen LogP contribution in [0.25, 0.3) is 0 Å². The van der Waals surface area contributed by atoms with Crippen molar-refractivity contribution in [1.82, 2.24) is 10.6 Å². The van der Waals surface area contributed by atoms with Crippen LogP contribution in [0.15, 0.2) is 92.6 Å². The highest BCUT2D eigenvalue weighted by atomic mass is 32.2. The summed E-state index contributed by atoms with van der Waals surface area (Å²) in [6.45, 7) is 7.80. The number of rotatable bonds is 8. The summed E-state index contributed by atoms with van der Waals surface area (Å²) < 4.78 is 0. The summed E-state index contributed by atoms with van der Waals surface area (Å²) in [5.74, 6) is 0.0584. The number of nitrogens with one attached hydrogen (secondary N) is 3. The monoisotopic (exact) mass is 546 g/mol. The highest BCUT2D eigenvalue weighted by Gasteiger charge is 2.20. The van der Waals surface area contributed by atoms with Crippen LogP contribution in [0.5, 0.6) is 0 Å². The highest BCUT2D eigenvalue weighted by molar-refractivity contribution is 8.02. The van der Waals surface area contributed by atoms with E-state index in [2.05, 4.69) is 27.7 Å². The van der Waals surface area contributed by atoms with E-state index >= 15 is 0 Å². The minimum absolute atomic E-state index is 0.131. The van der Waals surface area contributed by atoms with Crippen LogP contribution in [0.3, 0.4) is 0 Å². The smallest absolute Gasteiger partial charge is 0.256 e. The van der Waals surface area contributed by atoms with Gasteiger partial charge >= 0.3 is 0 Å². The lowest BCUT2D eigenvalue weighted by molar-refractivity contribution is 0.0951. The fourth-order valence-corrected chi connectivity index (χ4v) is 5.37. The van der Waals surface area contributed by atoms with Gasteiger partial charge in [-0.25, -0.2) is 0 Å². The molecule has 0 aromatic heterocycles. The van der Waals surface area contributed by atoms with Gasteiger partial charge in [-0.15, -0.1) is 11.8 Å². The van der Waals surface area contributed by atoms with Crippen molar-refractivity contribution >= 4 is 53.7 Å². The molecule has 0 aliphatic carbocycles. The Morgan fingerprint density at radius 2 is 1.71 bits per heavy atom. The molecule has 0 unspecified atom stereocenters. The van der Waals surface area contributed by atoms with Crippen molar-refractivity contribution in [1.29, 1.82) is 0 Å². The van der Waals surface area contributed by atoms with Crippen LogP contribution in [-0.4, -0.2) is 38.0 Å². The zero-order chi connectivity index (χ0) is 27.5. The second kappa shape index (κ2) is 14.2. The molecule has 0 atom stereocenters. The zero-order valence-corrected chi connectivity index (χ0v) is 23.2. The Morgan fingerprint density at radius 1 is 1.00 bits per heavy atom. The molecule has 1 heterocycles. The first-order chi connectivity index (χ1) is 18.5. The van der Waals surface area contributed by atoms with Crippen LogP contribution in [0, 0.1) is 0 Å². The molecule has 1 aliphatic rings. The van der Waals surface area contributed by atoms with Crippen LogP contribution in [0.2, 0.25) is 0 Å². The molecule has 7 nitrogen and oxygen atoms in total. The van der Waals surface area contributed by atoms with Crippen LogP contribution in [0.4, 0.5) is 5.69 Å². The zero-order valence-electron chi connectivity index (χ0n) is 21.5. The van der Waals surface area contributed by atoms with Gasteiger partial charge in [-0.2, -0.15) is 0 Å². The van der Waals surface area contributed by atoms with Gasteiger partial charge in [0.15, 0.2) is 0 Å². The van der Waals surface area contributed by atoms with Crippen molar-refractivity contribution in [2.45, 2.75) is 29.4 Å². The number of thioether (sulfide) groups is 1. The normalized spacial score (nSPS) is 12.0. The maximum absolute atomic E-state index is 12.9. The lowest BCUT2D eigenvalue weighted by atomic mass is 10.1. The molecular weight excluding hydrogens is 516 g/mol. The molecule has 0 fully saturated rings. The molecule has 3 aromatic carbocycles. The van der Waals surface area contributed by atoms with Crippen LogP contribution >= 0.6 is 23.5 Å². The molecule has 0 radical (unpaired) electrons. The van der Waals surface area contributed by atoms with Crippen LogP contribution in [0.1, 0.15) is 50.5 Å². The molecule has 0 bridgehead atoms. The lowest BCUT2D eigenvalue weighted by Crippen LogP contribution is -2.25. The molecule has 3 amide bonds. The van der Waals surface area contributed by atoms with Crippen molar-refractivity contribution in [3.63, 3.8) is 0 Å². The van der Waals surface area contributed by atoms with Gasteiger partial charge in [-0.05, 0) is 54.7 Å². The second-order valence-corrected chi connectivity index (χ2v) is 9.97. The Kier molecular flexibility index (Phi) is 10.7. The SMILES string of the molecule is C=N/C=C(/CNC(=O)c1ccc2c(c1)NC(=O)c1ccccc1S2)SCc1ccc(C(=O)NC)cc1.CC. The van der Waals surface area contributed by atoms with Gasteiger partial charge in [0.1, 0.15) is 0 Å². The highest BCUT2D eigenvalue weighted by Crippen LogP contribution is 2.39. The van der Waals surface area contributed by atoms with E-state index in [1.54, 1.807) is 43.6 Å². The predicted octanol–water partition coefficient (Wildman–Crippen LogP) is 5.99. The molecule has 4 rings (SSSR count). The van der Waals surface area contributed by atoms with Crippen molar-refractivity contribution in [2.24, 2.45) is 4.99 Å². The van der Waals surface area contributed by atoms with E-state index in [1.165, 1.54) is 23.5 Å². The number of fused-ring (bicyclic) bond motifs is 2. The minimum atomic E-state index is -0.260. The first-order valence-corrected chi connectivity index (χ1v) is 13.9. The molecule has 9 heteroatoms. The van der Waals surface area contributed by atoms with Crippen molar-refractivity contribution in [3.8, 4) is 0 Å². The molecule has 0 spiro atoms. The third kappa shape index (κ3) is 7.36. The Hall–Kier alpha value is -3.82. The number of nitrogens with zero attached hydrogens (tertiary/aromatic N) is 1. The lowest BCUT2D eigenvalue weighted by Gasteiger charge is -2.11. The van der Waals surface area contributed by atoms with Gasteiger partial charge in [-0.1, -0.05) is 49.9 Å². The number of hydrogen-bond acceptors (Lipinski definition) is 6. The second-order valence-electron chi connectivity index (χ2n) is 7.79. The number of aliphatic imine (C=N–C) groups is 1. The molecule has 3 aromatic rings. The molecule has 196 valence electrons. The number of carbonyl (C=O) groups is 3. The fraction of sp³-hybridized carbons (Fsp3) is 0.172. The van der Waals surface area contributed by atoms with Crippen LogP contribution in [-0.2, 0) is 5.75 Å². The van der Waals surface area contributed by atoms with Gasteiger partial charge in [0.05, 0.1) is 17.8 Å². The molecule has 1 aliphatic heterocycles. The Balaban J connectivity index is 0.00000195. The van der Waals surface area contributed by atoms with Gasteiger partial charge in [0, 0.05) is 44.8 Å². The number of benzene rings is 3. The molecule has 0 saturated carbocycles. The number of carbonyl (C=O) groups excluding carboxylic acids is 3. The Labute approximate surface area is 231 Å². The maximum Gasteiger partial charge on any atom is 0.256 e. The van der Waals surface area contributed by atoms with E-state index in [-0.39, 0.29) is 24.3 Å². The number of amides is 3. The summed E-state index contributed by atoms with van der Waals surface area (Å²) in [5, 5.41) is 8.42. The largest absolute Gasteiger partial charge is 0.355 e. The van der Waals surface area contributed by atoms with Gasteiger partial charge in [-0.3, -0.25) is 19.4 Å². The summed E-state index contributed by atoms with van der Waals surface area (Å²) in [7, 11) is 1.60. The first kappa shape index (κ1) is 28.7. The fourth-order valence-electron chi connectivity index (χ4n) is 3.49. The van der Waals surface area contributed by atoms with Crippen LogP contribution < -0.4 is 16.0 Å². The average molecular weight is 547 g/mol. The maximum atomic E-state index is 12.9.